The van der Waals surface area contributed by atoms with Crippen LogP contribution in [-0.4, -0.2) is 78.5 Å². The van der Waals surface area contributed by atoms with E-state index in [9.17, 15) is 14.4 Å². The molecule has 2 aliphatic carbocycles. The minimum Gasteiger partial charge on any atom is -0.444 e. The third-order valence-corrected chi connectivity index (χ3v) is 6.21. The average molecular weight is 448 g/mol. The fourth-order valence-corrected chi connectivity index (χ4v) is 4.80. The maximum atomic E-state index is 12.8. The molecule has 178 valence electrons. The van der Waals surface area contributed by atoms with Gasteiger partial charge in [0.15, 0.2) is 5.96 Å². The molecule has 3 rings (SSSR count). The Morgan fingerprint density at radius 1 is 1.16 bits per heavy atom. The molecule has 0 spiro atoms. The Balaban J connectivity index is 1.48. The summed E-state index contributed by atoms with van der Waals surface area (Å²) in [6, 6.07) is 0. The maximum Gasteiger partial charge on any atom is 0.410 e. The van der Waals surface area contributed by atoms with E-state index in [-0.39, 0.29) is 41.6 Å². The van der Waals surface area contributed by atoms with E-state index in [1.807, 2.05) is 34.6 Å². The summed E-state index contributed by atoms with van der Waals surface area (Å²) in [7, 11) is 0. The molecule has 1 saturated heterocycles. The highest BCUT2D eigenvalue weighted by molar-refractivity contribution is 6.06. The number of aliphatic imine (C=N–C) groups is 1. The van der Waals surface area contributed by atoms with Crippen molar-refractivity contribution >= 4 is 23.9 Å². The number of hydrogen-bond donors (Lipinski definition) is 2. The first-order chi connectivity index (χ1) is 15.2. The summed E-state index contributed by atoms with van der Waals surface area (Å²) in [6.07, 6.45) is 4.79. The molecule has 1 aliphatic heterocycles. The Kier molecular flexibility index (Phi) is 7.46. The van der Waals surface area contributed by atoms with Crippen molar-refractivity contribution in [1.29, 1.82) is 0 Å². The van der Waals surface area contributed by atoms with Crippen LogP contribution in [0.1, 0.15) is 41.0 Å². The monoisotopic (exact) mass is 447 g/mol. The van der Waals surface area contributed by atoms with Crippen LogP contribution in [0.5, 0.6) is 0 Å². The van der Waals surface area contributed by atoms with Crippen LogP contribution in [0.15, 0.2) is 17.1 Å². The van der Waals surface area contributed by atoms with Gasteiger partial charge in [-0.1, -0.05) is 12.2 Å². The maximum absolute atomic E-state index is 12.8. The lowest BCUT2D eigenvalue weighted by atomic mass is 9.85. The second-order valence-electron chi connectivity index (χ2n) is 9.58. The van der Waals surface area contributed by atoms with Crippen LogP contribution in [0, 0.1) is 23.7 Å². The third kappa shape index (κ3) is 5.24. The number of likely N-dealkylation sites (tertiary alicyclic amines) is 1. The summed E-state index contributed by atoms with van der Waals surface area (Å²) in [5, 5.41) is 6.37. The van der Waals surface area contributed by atoms with Gasteiger partial charge in [-0.05, 0) is 52.9 Å². The van der Waals surface area contributed by atoms with Crippen molar-refractivity contribution in [2.75, 3.05) is 39.3 Å². The average Bonchev–Trinajstić information content (AvgIpc) is 3.39. The topological polar surface area (TPSA) is 103 Å². The number of rotatable bonds is 8. The van der Waals surface area contributed by atoms with E-state index < -0.39 is 5.60 Å². The van der Waals surface area contributed by atoms with Crippen molar-refractivity contribution in [3.05, 3.63) is 12.2 Å². The third-order valence-electron chi connectivity index (χ3n) is 6.21. The zero-order valence-electron chi connectivity index (χ0n) is 19.9. The van der Waals surface area contributed by atoms with Gasteiger partial charge in [0, 0.05) is 32.7 Å². The number of guanidine groups is 1. The van der Waals surface area contributed by atoms with E-state index in [4.69, 9.17) is 4.74 Å². The normalized spacial score (nSPS) is 26.5. The molecular formula is C23H37N5O4. The molecule has 3 aliphatic rings. The Labute approximate surface area is 190 Å². The van der Waals surface area contributed by atoms with Crippen molar-refractivity contribution in [2.45, 2.75) is 46.6 Å². The van der Waals surface area contributed by atoms with E-state index in [0.29, 0.717) is 45.2 Å². The number of likely N-dealkylation sites (N-methyl/N-ethyl adjacent to an activating group) is 1. The largest absolute Gasteiger partial charge is 0.444 e. The summed E-state index contributed by atoms with van der Waals surface area (Å²) in [5.74, 6) is 0.623. The van der Waals surface area contributed by atoms with E-state index in [1.54, 1.807) is 4.90 Å². The highest BCUT2D eigenvalue weighted by Crippen LogP contribution is 2.52. The number of nitrogens with one attached hydrogen (secondary N) is 2. The summed E-state index contributed by atoms with van der Waals surface area (Å²) >= 11 is 0. The van der Waals surface area contributed by atoms with E-state index >= 15 is 0 Å². The summed E-state index contributed by atoms with van der Waals surface area (Å²) < 4.78 is 5.43. The summed E-state index contributed by atoms with van der Waals surface area (Å²) in [6.45, 7) is 12.2. The number of amides is 3. The van der Waals surface area contributed by atoms with Crippen molar-refractivity contribution in [2.24, 2.45) is 28.7 Å². The second-order valence-corrected chi connectivity index (χ2v) is 9.58. The lowest BCUT2D eigenvalue weighted by Crippen LogP contribution is -2.44. The lowest BCUT2D eigenvalue weighted by Gasteiger charge is -2.26. The van der Waals surface area contributed by atoms with Gasteiger partial charge in [0.05, 0.1) is 18.4 Å². The van der Waals surface area contributed by atoms with Crippen LogP contribution in [0.3, 0.4) is 0 Å². The molecule has 4 atom stereocenters. The fraction of sp³-hybridized carbons (Fsp3) is 0.739. The van der Waals surface area contributed by atoms with Gasteiger partial charge in [0.2, 0.25) is 11.8 Å². The molecule has 0 aromatic rings. The summed E-state index contributed by atoms with van der Waals surface area (Å²) in [5.41, 5.74) is -0.535. The van der Waals surface area contributed by atoms with Crippen LogP contribution in [0.2, 0.25) is 0 Å². The van der Waals surface area contributed by atoms with Gasteiger partial charge in [-0.15, -0.1) is 0 Å². The van der Waals surface area contributed by atoms with Gasteiger partial charge in [0.25, 0.3) is 0 Å². The quantitative estimate of drug-likeness (QED) is 0.254. The molecule has 0 aromatic heterocycles. The molecule has 1 heterocycles. The van der Waals surface area contributed by atoms with Crippen LogP contribution in [0.25, 0.3) is 0 Å². The van der Waals surface area contributed by atoms with Gasteiger partial charge >= 0.3 is 6.09 Å². The van der Waals surface area contributed by atoms with E-state index in [1.165, 1.54) is 4.90 Å². The molecule has 2 bridgehead atoms. The van der Waals surface area contributed by atoms with Gasteiger partial charge in [0.1, 0.15) is 5.60 Å². The molecular weight excluding hydrogens is 410 g/mol. The van der Waals surface area contributed by atoms with Crippen molar-refractivity contribution in [3.8, 4) is 0 Å². The number of imide groups is 1. The van der Waals surface area contributed by atoms with Crippen molar-refractivity contribution < 1.29 is 19.1 Å². The van der Waals surface area contributed by atoms with Gasteiger partial charge in [-0.3, -0.25) is 19.5 Å². The molecule has 2 fully saturated rings. The molecule has 2 N–H and O–H groups in total. The number of carbonyl (C=O) groups excluding carboxylic acids is 3. The summed E-state index contributed by atoms with van der Waals surface area (Å²) in [4.78, 5) is 45.4. The first-order valence-electron chi connectivity index (χ1n) is 11.7. The Morgan fingerprint density at radius 3 is 2.31 bits per heavy atom. The minimum atomic E-state index is -0.535. The minimum absolute atomic E-state index is 0.0408. The molecule has 0 aromatic carbocycles. The van der Waals surface area contributed by atoms with E-state index in [2.05, 4.69) is 27.8 Å². The molecule has 4 unspecified atom stereocenters. The predicted molar refractivity (Wildman–Crippen MR) is 122 cm³/mol. The first-order valence-corrected chi connectivity index (χ1v) is 11.7. The Bertz CT molecular complexity index is 758. The highest BCUT2D eigenvalue weighted by Gasteiger charge is 2.58. The molecule has 3 amide bonds. The van der Waals surface area contributed by atoms with Crippen LogP contribution < -0.4 is 10.6 Å². The first kappa shape index (κ1) is 24.1. The predicted octanol–water partition coefficient (Wildman–Crippen LogP) is 1.61. The molecule has 32 heavy (non-hydrogen) atoms. The van der Waals surface area contributed by atoms with Crippen molar-refractivity contribution in [3.63, 3.8) is 0 Å². The Morgan fingerprint density at radius 2 is 1.78 bits per heavy atom. The SMILES string of the molecule is CCNC(=NCCN1C(=O)C2C3C=CC(C3)C2C1=O)NCCN(CC)C(=O)OC(C)(C)C. The lowest BCUT2D eigenvalue weighted by molar-refractivity contribution is -0.140. The van der Waals surface area contributed by atoms with Crippen LogP contribution >= 0.6 is 0 Å². The second kappa shape index (κ2) is 9.92. The van der Waals surface area contributed by atoms with E-state index in [0.717, 1.165) is 6.42 Å². The number of ether oxygens (including phenoxy) is 1. The number of allylic oxidation sites excluding steroid dienone is 2. The molecule has 1 saturated carbocycles. The van der Waals surface area contributed by atoms with Gasteiger partial charge < -0.3 is 20.3 Å². The number of nitrogens with zero attached hydrogens (tertiary/aromatic N) is 3. The smallest absolute Gasteiger partial charge is 0.410 e. The Hall–Kier alpha value is -2.58. The molecule has 9 heteroatoms. The number of hydrogen-bond acceptors (Lipinski definition) is 5. The number of fused-ring (bicyclic) bond motifs is 5. The standard InChI is InChI=1S/C23H37N5O4/c1-6-24-21(25-10-12-27(7-2)22(31)32-23(3,4)5)26-11-13-28-19(29)17-15-8-9-16(14-15)18(17)20(28)30/h8-9,15-18H,6-7,10-14H2,1-5H3,(H2,24,25,26). The van der Waals surface area contributed by atoms with Gasteiger partial charge in [-0.25, -0.2) is 4.79 Å². The fourth-order valence-electron chi connectivity index (χ4n) is 4.80. The van der Waals surface area contributed by atoms with Crippen LogP contribution in [-0.2, 0) is 14.3 Å². The van der Waals surface area contributed by atoms with Crippen LogP contribution in [0.4, 0.5) is 4.79 Å². The van der Waals surface area contributed by atoms with Crippen molar-refractivity contribution in [1.82, 2.24) is 20.4 Å². The number of carbonyl (C=O) groups is 3. The van der Waals surface area contributed by atoms with Gasteiger partial charge in [-0.2, -0.15) is 0 Å². The molecule has 9 nitrogen and oxygen atoms in total. The highest BCUT2D eigenvalue weighted by atomic mass is 16.6. The zero-order valence-corrected chi connectivity index (χ0v) is 19.9. The zero-order chi connectivity index (χ0) is 23.5. The molecule has 0 radical (unpaired) electrons.